The molecular formula is C21H39NO4Si4. The van der Waals surface area contributed by atoms with E-state index in [0.717, 1.165) is 5.56 Å². The fourth-order valence-electron chi connectivity index (χ4n) is 2.75. The Morgan fingerprint density at radius 1 is 0.967 bits per heavy atom. The van der Waals surface area contributed by atoms with Crippen LogP contribution in [0.25, 0.3) is 0 Å². The molecule has 1 aromatic carbocycles. The van der Waals surface area contributed by atoms with Gasteiger partial charge in [-0.05, 0) is 58.6 Å². The lowest BCUT2D eigenvalue weighted by Crippen LogP contribution is -2.62. The molecule has 0 heterocycles. The number of carbonyl (C=O) groups is 1. The van der Waals surface area contributed by atoms with Crippen molar-refractivity contribution in [3.05, 3.63) is 23.8 Å². The minimum atomic E-state index is -2.25. The average Bonchev–Trinajstić information content (AvgIpc) is 2.57. The zero-order valence-electron chi connectivity index (χ0n) is 20.3. The predicted molar refractivity (Wildman–Crippen MR) is 133 cm³/mol. The quantitative estimate of drug-likeness (QED) is 0.529. The molecule has 1 atom stereocenters. The van der Waals surface area contributed by atoms with Gasteiger partial charge >= 0.3 is 5.97 Å². The van der Waals surface area contributed by atoms with Crippen LogP contribution in [-0.4, -0.2) is 53.3 Å². The van der Waals surface area contributed by atoms with Gasteiger partial charge in [0.15, 0.2) is 0 Å². The van der Waals surface area contributed by atoms with Gasteiger partial charge in [-0.3, -0.25) is 4.79 Å². The Balaban J connectivity index is 3.40. The minimum absolute atomic E-state index is 0.102. The van der Waals surface area contributed by atoms with Gasteiger partial charge < -0.3 is 19.1 Å². The molecule has 4 radical (unpaired) electrons. The molecule has 5 nitrogen and oxygen atoms in total. The first kappa shape index (κ1) is 27.5. The van der Waals surface area contributed by atoms with Gasteiger partial charge in [0, 0.05) is 0 Å². The van der Waals surface area contributed by atoms with Crippen molar-refractivity contribution in [2.75, 3.05) is 0 Å². The summed E-state index contributed by atoms with van der Waals surface area (Å²) < 4.78 is 13.1. The van der Waals surface area contributed by atoms with Crippen molar-refractivity contribution in [1.29, 1.82) is 0 Å². The Morgan fingerprint density at radius 3 is 1.80 bits per heavy atom. The lowest BCUT2D eigenvalue weighted by atomic mass is 10.1. The molecule has 0 saturated heterocycles. The molecule has 0 aliphatic rings. The predicted octanol–water partition coefficient (Wildman–Crippen LogP) is 3.17. The van der Waals surface area contributed by atoms with Gasteiger partial charge in [0.05, 0.1) is 0 Å². The second kappa shape index (κ2) is 9.93. The first-order chi connectivity index (χ1) is 13.3. The minimum Gasteiger partial charge on any atom is -0.480 e. The highest BCUT2D eigenvalue weighted by molar-refractivity contribution is 6.96. The topological polar surface area (TPSA) is 81.8 Å². The van der Waals surface area contributed by atoms with Crippen molar-refractivity contribution < 1.29 is 18.1 Å². The fraction of sp³-hybridized carbons (Fsp3) is 0.667. The summed E-state index contributed by atoms with van der Waals surface area (Å²) in [4.78, 5) is 11.3. The molecule has 3 N–H and O–H groups in total. The van der Waals surface area contributed by atoms with Crippen LogP contribution in [0.5, 0.6) is 0 Å². The summed E-state index contributed by atoms with van der Waals surface area (Å²) in [5.74, 6) is -0.980. The van der Waals surface area contributed by atoms with Crippen LogP contribution >= 0.6 is 0 Å². The molecule has 9 heteroatoms. The van der Waals surface area contributed by atoms with Crippen LogP contribution in [0.1, 0.15) is 47.1 Å². The van der Waals surface area contributed by atoms with Crippen molar-refractivity contribution in [2.24, 2.45) is 5.73 Å². The molecular weight excluding hydrogens is 443 g/mol. The Hall–Kier alpha value is -0.562. The van der Waals surface area contributed by atoms with Crippen LogP contribution in [0.2, 0.25) is 36.3 Å². The summed E-state index contributed by atoms with van der Waals surface area (Å²) in [6, 6.07) is 5.37. The van der Waals surface area contributed by atoms with Crippen LogP contribution in [-0.2, 0) is 19.4 Å². The highest BCUT2D eigenvalue weighted by Gasteiger charge is 2.37. The third-order valence-electron chi connectivity index (χ3n) is 4.38. The fourth-order valence-corrected chi connectivity index (χ4v) is 12.4. The van der Waals surface area contributed by atoms with E-state index in [1.807, 2.05) is 6.07 Å². The zero-order valence-corrected chi connectivity index (χ0v) is 24.3. The molecule has 0 spiro atoms. The summed E-state index contributed by atoms with van der Waals surface area (Å²) in [5, 5.41) is 11.9. The van der Waals surface area contributed by atoms with E-state index >= 15 is 0 Å². The maximum atomic E-state index is 11.3. The smallest absolute Gasteiger partial charge is 0.320 e. The third-order valence-corrected chi connectivity index (χ3v) is 14.2. The number of hydrogen-bond acceptors (Lipinski definition) is 4. The molecule has 1 rings (SSSR count). The van der Waals surface area contributed by atoms with Crippen molar-refractivity contribution >= 4 is 52.5 Å². The van der Waals surface area contributed by atoms with Crippen LogP contribution in [0, 0.1) is 0 Å². The lowest BCUT2D eigenvalue weighted by Gasteiger charge is -2.35. The van der Waals surface area contributed by atoms with Gasteiger partial charge in [-0.2, -0.15) is 0 Å². The highest BCUT2D eigenvalue weighted by Crippen LogP contribution is 2.24. The summed E-state index contributed by atoms with van der Waals surface area (Å²) in [5.41, 5.74) is 6.75. The van der Waals surface area contributed by atoms with Gasteiger partial charge in [-0.1, -0.05) is 59.7 Å². The van der Waals surface area contributed by atoms with E-state index < -0.39 is 28.6 Å². The standard InChI is InChI=1S/C21H39NO4Si4/c1-20(2,3)27-25-29(7,8)17-12-11-15(13-16(22)19(23)24)14-18(17)30(9,10)26-28-21(4,5)6/h11-12,14,16H,13,22H2,1-10H3,(H,23,24)/t16-/m0/s1. The molecule has 1 aromatic rings. The summed E-state index contributed by atoms with van der Waals surface area (Å²) >= 11 is 0. The van der Waals surface area contributed by atoms with E-state index in [-0.39, 0.29) is 10.1 Å². The maximum absolute atomic E-state index is 11.3. The van der Waals surface area contributed by atoms with Gasteiger partial charge in [0.2, 0.25) is 36.2 Å². The molecule has 0 bridgehead atoms. The molecule has 0 saturated carbocycles. The first-order valence-electron chi connectivity index (χ1n) is 10.4. The van der Waals surface area contributed by atoms with Gasteiger partial charge in [-0.25, -0.2) is 0 Å². The van der Waals surface area contributed by atoms with Gasteiger partial charge in [0.25, 0.3) is 0 Å². The maximum Gasteiger partial charge on any atom is 0.320 e. The Kier molecular flexibility index (Phi) is 9.09. The third kappa shape index (κ3) is 8.89. The van der Waals surface area contributed by atoms with Crippen LogP contribution in [0.15, 0.2) is 18.2 Å². The summed E-state index contributed by atoms with van der Waals surface area (Å²) in [6.45, 7) is 22.1. The SMILES string of the molecule is CC(C)(C)[Si]O[Si](C)(C)c1ccc(C[C@H](N)C(=O)O)cc1[Si](C)(C)O[Si]C(C)(C)C. The molecule has 0 aliphatic carbocycles. The largest absolute Gasteiger partial charge is 0.480 e. The van der Waals surface area contributed by atoms with Crippen LogP contribution in [0.4, 0.5) is 0 Å². The molecule has 0 fully saturated rings. The van der Waals surface area contributed by atoms with Crippen LogP contribution < -0.4 is 16.1 Å². The number of benzene rings is 1. The Labute approximate surface area is 190 Å². The monoisotopic (exact) mass is 481 g/mol. The second-order valence-corrected chi connectivity index (χ2v) is 23.1. The Morgan fingerprint density at radius 2 is 1.40 bits per heavy atom. The zero-order chi connectivity index (χ0) is 23.5. The molecule has 0 amide bonds. The molecule has 0 aliphatic heterocycles. The van der Waals surface area contributed by atoms with E-state index in [1.54, 1.807) is 0 Å². The van der Waals surface area contributed by atoms with Crippen molar-refractivity contribution in [1.82, 2.24) is 0 Å². The van der Waals surface area contributed by atoms with Crippen molar-refractivity contribution in [2.45, 2.75) is 90.3 Å². The second-order valence-electron chi connectivity index (χ2n) is 11.0. The van der Waals surface area contributed by atoms with E-state index in [2.05, 4.69) is 79.9 Å². The number of carboxylic acid groups (broad SMARTS) is 1. The normalized spacial score (nSPS) is 14.6. The van der Waals surface area contributed by atoms with E-state index in [1.165, 1.54) is 10.4 Å². The number of carboxylic acids is 1. The number of nitrogens with two attached hydrogens (primary N) is 1. The van der Waals surface area contributed by atoms with E-state index in [9.17, 15) is 9.90 Å². The number of rotatable bonds is 9. The number of aliphatic carboxylic acids is 1. The van der Waals surface area contributed by atoms with E-state index in [4.69, 9.17) is 14.0 Å². The number of hydrogen-bond donors (Lipinski definition) is 2. The molecule has 0 unspecified atom stereocenters. The lowest BCUT2D eigenvalue weighted by molar-refractivity contribution is -0.138. The van der Waals surface area contributed by atoms with E-state index in [0.29, 0.717) is 25.9 Å². The van der Waals surface area contributed by atoms with Crippen molar-refractivity contribution in [3.8, 4) is 0 Å². The average molecular weight is 482 g/mol. The molecule has 30 heavy (non-hydrogen) atoms. The molecule has 0 aromatic heterocycles. The first-order valence-corrected chi connectivity index (χ1v) is 18.0. The highest BCUT2D eigenvalue weighted by atomic mass is 28.4. The van der Waals surface area contributed by atoms with Crippen molar-refractivity contribution in [3.63, 3.8) is 0 Å². The van der Waals surface area contributed by atoms with Crippen LogP contribution in [0.3, 0.4) is 0 Å². The van der Waals surface area contributed by atoms with Gasteiger partial charge in [0.1, 0.15) is 6.04 Å². The molecule has 168 valence electrons. The summed E-state index contributed by atoms with van der Waals surface area (Å²) in [7, 11) is -3.61. The summed E-state index contributed by atoms with van der Waals surface area (Å²) in [6.07, 6.45) is 0.307. The van der Waals surface area contributed by atoms with Gasteiger partial charge in [-0.15, -0.1) is 0 Å². The Bertz CT molecular complexity index is 740.